The van der Waals surface area contributed by atoms with E-state index in [2.05, 4.69) is 10.2 Å². The maximum atomic E-state index is 12.1. The molecule has 0 bridgehead atoms. The Morgan fingerprint density at radius 3 is 2.77 bits per heavy atom. The Hall–Kier alpha value is -1.08. The van der Waals surface area contributed by atoms with Gasteiger partial charge in [0, 0.05) is 38.2 Å². The summed E-state index contributed by atoms with van der Waals surface area (Å²) in [6.07, 6.45) is 1.03. The lowest BCUT2D eigenvalue weighted by atomic mass is 9.97. The summed E-state index contributed by atoms with van der Waals surface area (Å²) >= 11 is 5.71. The normalized spacial score (nSPS) is 24.3. The van der Waals surface area contributed by atoms with Crippen molar-refractivity contribution in [1.82, 2.24) is 10.2 Å². The maximum absolute atomic E-state index is 12.1. The number of nitrogens with one attached hydrogen (secondary N) is 1. The van der Waals surface area contributed by atoms with Gasteiger partial charge in [-0.15, -0.1) is 0 Å². The van der Waals surface area contributed by atoms with Crippen LogP contribution in [0.5, 0.6) is 0 Å². The van der Waals surface area contributed by atoms with Crippen LogP contribution in [0, 0.1) is 5.92 Å². The molecule has 2 atom stereocenters. The minimum absolute atomic E-state index is 0.221. The van der Waals surface area contributed by atoms with Gasteiger partial charge in [-0.2, -0.15) is 0 Å². The molecule has 1 amide bonds. The summed E-state index contributed by atoms with van der Waals surface area (Å²) in [5.41, 5.74) is 0. The van der Waals surface area contributed by atoms with Gasteiger partial charge in [-0.3, -0.25) is 9.69 Å². The Labute approximate surface area is 134 Å². The molecule has 2 saturated heterocycles. The minimum atomic E-state index is -0.232. The number of amides is 1. The fraction of sp³-hybridized carbons (Fsp3) is 0.667. The first-order valence-corrected chi connectivity index (χ1v) is 8.05. The molecule has 2 aliphatic heterocycles. The van der Waals surface area contributed by atoms with Crippen molar-refractivity contribution in [2.45, 2.75) is 12.5 Å². The first-order valence-electron chi connectivity index (χ1n) is 7.67. The van der Waals surface area contributed by atoms with Crippen molar-refractivity contribution < 1.29 is 18.7 Å². The van der Waals surface area contributed by atoms with E-state index in [4.69, 9.17) is 25.5 Å². The van der Waals surface area contributed by atoms with Gasteiger partial charge in [0.05, 0.1) is 19.8 Å². The highest BCUT2D eigenvalue weighted by molar-refractivity contribution is 6.29. The average Bonchev–Trinajstić information content (AvgIpc) is 3.20. The molecule has 2 aliphatic rings. The fourth-order valence-electron chi connectivity index (χ4n) is 3.08. The highest BCUT2D eigenvalue weighted by Crippen LogP contribution is 2.22. The number of furan rings is 1. The van der Waals surface area contributed by atoms with E-state index in [1.807, 2.05) is 0 Å². The topological polar surface area (TPSA) is 63.9 Å². The summed E-state index contributed by atoms with van der Waals surface area (Å²) in [6.45, 7) is 5.40. The summed E-state index contributed by atoms with van der Waals surface area (Å²) in [5.74, 6) is 0.455. The molecule has 0 aliphatic carbocycles. The third-order valence-corrected chi connectivity index (χ3v) is 4.50. The molecule has 1 aromatic rings. The van der Waals surface area contributed by atoms with Gasteiger partial charge in [-0.1, -0.05) is 0 Å². The summed E-state index contributed by atoms with van der Waals surface area (Å²) in [5, 5.41) is 3.18. The van der Waals surface area contributed by atoms with E-state index in [0.29, 0.717) is 12.5 Å². The summed E-state index contributed by atoms with van der Waals surface area (Å²) < 4.78 is 16.1. The van der Waals surface area contributed by atoms with Crippen LogP contribution in [-0.2, 0) is 9.47 Å². The highest BCUT2D eigenvalue weighted by Gasteiger charge is 2.32. The lowest BCUT2D eigenvalue weighted by molar-refractivity contribution is 0.00160. The van der Waals surface area contributed by atoms with Crippen LogP contribution in [0.15, 0.2) is 16.5 Å². The van der Waals surface area contributed by atoms with Crippen LogP contribution < -0.4 is 5.32 Å². The van der Waals surface area contributed by atoms with Crippen LogP contribution in [-0.4, -0.2) is 62.9 Å². The molecule has 3 rings (SSSR count). The second kappa shape index (κ2) is 7.46. The van der Waals surface area contributed by atoms with Gasteiger partial charge in [0.2, 0.25) is 0 Å². The third kappa shape index (κ3) is 3.81. The molecule has 2 fully saturated rings. The Kier molecular flexibility index (Phi) is 5.36. The number of morpholine rings is 1. The van der Waals surface area contributed by atoms with Crippen molar-refractivity contribution in [1.29, 1.82) is 0 Å². The number of halogens is 1. The summed E-state index contributed by atoms with van der Waals surface area (Å²) in [6, 6.07) is 3.42. The van der Waals surface area contributed by atoms with Gasteiger partial charge in [0.15, 0.2) is 11.0 Å². The number of hydrogen-bond donors (Lipinski definition) is 1. The molecule has 0 spiro atoms. The number of hydrogen-bond acceptors (Lipinski definition) is 5. The molecule has 6 nitrogen and oxygen atoms in total. The predicted molar refractivity (Wildman–Crippen MR) is 81.2 cm³/mol. The Balaban J connectivity index is 1.60. The smallest absolute Gasteiger partial charge is 0.287 e. The van der Waals surface area contributed by atoms with Gasteiger partial charge in [-0.05, 0) is 30.2 Å². The number of rotatable bonds is 5. The average molecular weight is 329 g/mol. The van der Waals surface area contributed by atoms with E-state index >= 15 is 0 Å². The van der Waals surface area contributed by atoms with E-state index in [1.165, 1.54) is 0 Å². The first kappa shape index (κ1) is 15.8. The summed E-state index contributed by atoms with van der Waals surface area (Å²) in [4.78, 5) is 14.5. The van der Waals surface area contributed by atoms with Crippen molar-refractivity contribution in [3.8, 4) is 0 Å². The molecule has 22 heavy (non-hydrogen) atoms. The van der Waals surface area contributed by atoms with Gasteiger partial charge in [-0.25, -0.2) is 0 Å². The first-order chi connectivity index (χ1) is 10.7. The largest absolute Gasteiger partial charge is 0.440 e. The molecule has 0 saturated carbocycles. The summed E-state index contributed by atoms with van der Waals surface area (Å²) in [7, 11) is 0. The van der Waals surface area contributed by atoms with Crippen molar-refractivity contribution in [3.05, 3.63) is 23.1 Å². The fourth-order valence-corrected chi connectivity index (χ4v) is 3.23. The Morgan fingerprint density at radius 2 is 2.14 bits per heavy atom. The molecule has 7 heteroatoms. The number of ether oxygens (including phenoxy) is 2. The Morgan fingerprint density at radius 1 is 1.32 bits per heavy atom. The SMILES string of the molecule is O=C(NC[C@@H]([C@@H]1CCOC1)N1CCOCC1)c1ccc(Cl)o1. The second-order valence-corrected chi connectivity index (χ2v) is 6.03. The van der Waals surface area contributed by atoms with E-state index in [-0.39, 0.29) is 22.9 Å². The number of carbonyl (C=O) groups excluding carboxylic acids is 1. The lowest BCUT2D eigenvalue weighted by Gasteiger charge is -2.37. The molecule has 0 radical (unpaired) electrons. The van der Waals surface area contributed by atoms with E-state index in [1.54, 1.807) is 12.1 Å². The third-order valence-electron chi connectivity index (χ3n) is 4.29. The number of nitrogens with zero attached hydrogens (tertiary/aromatic N) is 1. The minimum Gasteiger partial charge on any atom is -0.440 e. The van der Waals surface area contributed by atoms with Crippen LogP contribution in [0.2, 0.25) is 5.22 Å². The molecule has 3 heterocycles. The molecule has 0 aromatic carbocycles. The second-order valence-electron chi connectivity index (χ2n) is 5.65. The zero-order chi connectivity index (χ0) is 15.4. The molecule has 1 N–H and O–H groups in total. The van der Waals surface area contributed by atoms with Gasteiger partial charge >= 0.3 is 0 Å². The van der Waals surface area contributed by atoms with Crippen LogP contribution >= 0.6 is 11.6 Å². The molecule has 122 valence electrons. The molecule has 0 unspecified atom stereocenters. The van der Waals surface area contributed by atoms with E-state index in [0.717, 1.165) is 45.9 Å². The standard InChI is InChI=1S/C15H21ClN2O4/c16-14-2-1-13(22-14)15(19)17-9-12(11-3-6-21-10-11)18-4-7-20-8-5-18/h1-2,11-12H,3-10H2,(H,17,19)/t11-,12+/m1/s1. The van der Waals surface area contributed by atoms with Crippen molar-refractivity contribution in [2.75, 3.05) is 46.1 Å². The predicted octanol–water partition coefficient (Wildman–Crippen LogP) is 1.40. The van der Waals surface area contributed by atoms with E-state index < -0.39 is 0 Å². The van der Waals surface area contributed by atoms with Crippen LogP contribution in [0.1, 0.15) is 17.0 Å². The van der Waals surface area contributed by atoms with Crippen LogP contribution in [0.25, 0.3) is 0 Å². The zero-order valence-electron chi connectivity index (χ0n) is 12.4. The van der Waals surface area contributed by atoms with Gasteiger partial charge < -0.3 is 19.2 Å². The van der Waals surface area contributed by atoms with E-state index in [9.17, 15) is 4.79 Å². The van der Waals surface area contributed by atoms with Crippen molar-refractivity contribution >= 4 is 17.5 Å². The Bertz CT molecular complexity index is 495. The lowest BCUT2D eigenvalue weighted by Crippen LogP contribution is -2.52. The molecule has 1 aromatic heterocycles. The van der Waals surface area contributed by atoms with Crippen molar-refractivity contribution in [2.24, 2.45) is 5.92 Å². The van der Waals surface area contributed by atoms with Crippen LogP contribution in [0.3, 0.4) is 0 Å². The highest BCUT2D eigenvalue weighted by atomic mass is 35.5. The van der Waals surface area contributed by atoms with Crippen LogP contribution in [0.4, 0.5) is 0 Å². The molecular formula is C15H21ClN2O4. The van der Waals surface area contributed by atoms with Gasteiger partial charge in [0.25, 0.3) is 5.91 Å². The zero-order valence-corrected chi connectivity index (χ0v) is 13.2. The number of carbonyl (C=O) groups is 1. The quantitative estimate of drug-likeness (QED) is 0.885. The monoisotopic (exact) mass is 328 g/mol. The maximum Gasteiger partial charge on any atom is 0.287 e. The van der Waals surface area contributed by atoms with Crippen molar-refractivity contribution in [3.63, 3.8) is 0 Å². The van der Waals surface area contributed by atoms with Gasteiger partial charge in [0.1, 0.15) is 0 Å². The molecular weight excluding hydrogens is 308 g/mol.